The number of aromatic nitrogens is 3. The van der Waals surface area contributed by atoms with Gasteiger partial charge >= 0.3 is 0 Å². The normalized spacial score (nSPS) is 12.2. The molecular formula is C17H21ClN4O2. The fourth-order valence-corrected chi connectivity index (χ4v) is 2.33. The lowest BCUT2D eigenvalue weighted by molar-refractivity contribution is 0.0934. The van der Waals surface area contributed by atoms with Gasteiger partial charge in [-0.1, -0.05) is 31.5 Å². The molecule has 6 nitrogen and oxygen atoms in total. The predicted molar refractivity (Wildman–Crippen MR) is 92.0 cm³/mol. The van der Waals surface area contributed by atoms with Gasteiger partial charge in [0.15, 0.2) is 0 Å². The number of halogens is 1. The molecule has 128 valence electrons. The van der Waals surface area contributed by atoms with Crippen LogP contribution in [0.5, 0.6) is 0 Å². The van der Waals surface area contributed by atoms with Crippen LogP contribution in [0.4, 0.5) is 0 Å². The number of aliphatic hydroxyl groups is 1. The first kappa shape index (κ1) is 18.3. The van der Waals surface area contributed by atoms with Gasteiger partial charge in [-0.15, -0.1) is 0 Å². The molecule has 0 bridgehead atoms. The molecule has 2 N–H and O–H groups in total. The highest BCUT2D eigenvalue weighted by molar-refractivity contribution is 6.33. The van der Waals surface area contributed by atoms with E-state index in [0.29, 0.717) is 18.8 Å². The second-order valence-electron chi connectivity index (χ2n) is 5.86. The summed E-state index contributed by atoms with van der Waals surface area (Å²) >= 11 is 6.03. The molecule has 2 aromatic rings. The molecule has 2 aromatic heterocycles. The summed E-state index contributed by atoms with van der Waals surface area (Å²) in [5.41, 5.74) is 1.03. The Morgan fingerprint density at radius 1 is 1.33 bits per heavy atom. The smallest absolute Gasteiger partial charge is 0.271 e. The van der Waals surface area contributed by atoms with E-state index >= 15 is 0 Å². The summed E-state index contributed by atoms with van der Waals surface area (Å²) in [6.07, 6.45) is 3.72. The van der Waals surface area contributed by atoms with Crippen LogP contribution in [-0.4, -0.2) is 39.1 Å². The van der Waals surface area contributed by atoms with E-state index in [1.165, 1.54) is 6.20 Å². The lowest BCUT2D eigenvalue weighted by Gasteiger charge is -2.15. The van der Waals surface area contributed by atoms with Crippen LogP contribution in [0, 0.1) is 5.92 Å². The average molecular weight is 349 g/mol. The Morgan fingerprint density at radius 2 is 2.12 bits per heavy atom. The number of amides is 1. The standard InChI is InChI=1S/C17H21ClN4O2/c1-11(2)16-20-9-14(18)15(22-16)17(24)21-8-12(10-23)7-13-5-3-4-6-19-13/h3-6,9,11-12,23H,7-8,10H2,1-2H3,(H,21,24). The number of carbonyl (C=O) groups excluding carboxylic acids is 1. The number of nitrogens with one attached hydrogen (secondary N) is 1. The maximum atomic E-state index is 12.3. The van der Waals surface area contributed by atoms with Crippen molar-refractivity contribution in [1.29, 1.82) is 0 Å². The number of rotatable bonds is 7. The quantitative estimate of drug-likeness (QED) is 0.801. The molecule has 7 heteroatoms. The lowest BCUT2D eigenvalue weighted by atomic mass is 10.0. The van der Waals surface area contributed by atoms with E-state index in [-0.39, 0.29) is 35.1 Å². The van der Waals surface area contributed by atoms with Gasteiger partial charge in [0.05, 0.1) is 11.2 Å². The third-order valence-corrected chi connectivity index (χ3v) is 3.80. The molecule has 1 atom stereocenters. The molecule has 24 heavy (non-hydrogen) atoms. The number of carbonyl (C=O) groups is 1. The molecule has 0 saturated carbocycles. The second kappa shape index (κ2) is 8.70. The summed E-state index contributed by atoms with van der Waals surface area (Å²) < 4.78 is 0. The largest absolute Gasteiger partial charge is 0.396 e. The maximum absolute atomic E-state index is 12.3. The first-order valence-electron chi connectivity index (χ1n) is 7.82. The molecule has 1 unspecified atom stereocenters. The van der Waals surface area contributed by atoms with Crippen molar-refractivity contribution in [2.45, 2.75) is 26.2 Å². The Hall–Kier alpha value is -2.05. The summed E-state index contributed by atoms with van der Waals surface area (Å²) in [6.45, 7) is 4.15. The van der Waals surface area contributed by atoms with Crippen molar-refractivity contribution in [2.75, 3.05) is 13.2 Å². The Bertz CT molecular complexity index is 680. The monoisotopic (exact) mass is 348 g/mol. The predicted octanol–water partition coefficient (Wildman–Crippen LogP) is 2.23. The Labute approximate surface area is 146 Å². The van der Waals surface area contributed by atoms with Crippen molar-refractivity contribution in [1.82, 2.24) is 20.3 Å². The maximum Gasteiger partial charge on any atom is 0.271 e. The van der Waals surface area contributed by atoms with Gasteiger partial charge in [0.2, 0.25) is 0 Å². The first-order chi connectivity index (χ1) is 11.5. The molecule has 0 spiro atoms. The van der Waals surface area contributed by atoms with E-state index in [1.807, 2.05) is 32.0 Å². The molecule has 0 fully saturated rings. The van der Waals surface area contributed by atoms with Gasteiger partial charge in [0, 0.05) is 36.9 Å². The van der Waals surface area contributed by atoms with Crippen LogP contribution in [-0.2, 0) is 6.42 Å². The Morgan fingerprint density at radius 3 is 2.75 bits per heavy atom. The number of pyridine rings is 1. The van der Waals surface area contributed by atoms with Crippen molar-refractivity contribution in [3.63, 3.8) is 0 Å². The van der Waals surface area contributed by atoms with Gasteiger partial charge in [-0.25, -0.2) is 9.97 Å². The van der Waals surface area contributed by atoms with Gasteiger partial charge in [0.25, 0.3) is 5.91 Å². The lowest BCUT2D eigenvalue weighted by Crippen LogP contribution is -2.33. The van der Waals surface area contributed by atoms with Crippen molar-refractivity contribution < 1.29 is 9.90 Å². The van der Waals surface area contributed by atoms with E-state index in [0.717, 1.165) is 5.69 Å². The molecule has 0 aliphatic heterocycles. The molecule has 1 amide bonds. The molecular weight excluding hydrogens is 328 g/mol. The Kier molecular flexibility index (Phi) is 6.63. The summed E-state index contributed by atoms with van der Waals surface area (Å²) in [7, 11) is 0. The number of nitrogens with zero attached hydrogens (tertiary/aromatic N) is 3. The fraction of sp³-hybridized carbons (Fsp3) is 0.412. The van der Waals surface area contributed by atoms with Crippen molar-refractivity contribution in [3.05, 3.63) is 52.8 Å². The molecule has 0 aliphatic carbocycles. The van der Waals surface area contributed by atoms with E-state index in [4.69, 9.17) is 11.6 Å². The zero-order valence-electron chi connectivity index (χ0n) is 13.7. The van der Waals surface area contributed by atoms with Crippen molar-refractivity contribution >= 4 is 17.5 Å². The van der Waals surface area contributed by atoms with Gasteiger partial charge in [-0.3, -0.25) is 9.78 Å². The van der Waals surface area contributed by atoms with Crippen molar-refractivity contribution in [3.8, 4) is 0 Å². The minimum Gasteiger partial charge on any atom is -0.396 e. The molecule has 0 aliphatic rings. The SMILES string of the molecule is CC(C)c1ncc(Cl)c(C(=O)NCC(CO)Cc2ccccn2)n1. The van der Waals surface area contributed by atoms with Crippen LogP contribution in [0.2, 0.25) is 5.02 Å². The van der Waals surface area contributed by atoms with Crippen LogP contribution in [0.1, 0.15) is 41.8 Å². The summed E-state index contributed by atoms with van der Waals surface area (Å²) in [5, 5.41) is 12.5. The van der Waals surface area contributed by atoms with E-state index in [9.17, 15) is 9.90 Å². The molecule has 2 rings (SSSR count). The number of hydrogen-bond acceptors (Lipinski definition) is 5. The number of hydrogen-bond donors (Lipinski definition) is 2. The number of aliphatic hydroxyl groups excluding tert-OH is 1. The van der Waals surface area contributed by atoms with Gasteiger partial charge in [-0.05, 0) is 18.6 Å². The fourth-order valence-electron chi connectivity index (χ4n) is 2.15. The van der Waals surface area contributed by atoms with E-state index in [2.05, 4.69) is 20.3 Å². The average Bonchev–Trinajstić information content (AvgIpc) is 2.59. The van der Waals surface area contributed by atoms with E-state index in [1.54, 1.807) is 6.20 Å². The highest BCUT2D eigenvalue weighted by atomic mass is 35.5. The molecule has 0 saturated heterocycles. The second-order valence-corrected chi connectivity index (χ2v) is 6.27. The van der Waals surface area contributed by atoms with Gasteiger partial charge < -0.3 is 10.4 Å². The van der Waals surface area contributed by atoms with Crippen molar-refractivity contribution in [2.24, 2.45) is 5.92 Å². The van der Waals surface area contributed by atoms with E-state index < -0.39 is 0 Å². The minimum absolute atomic E-state index is 0.0500. The van der Waals surface area contributed by atoms with Crippen LogP contribution in [0.15, 0.2) is 30.6 Å². The van der Waals surface area contributed by atoms with Crippen LogP contribution in [0.3, 0.4) is 0 Å². The molecule has 2 heterocycles. The highest BCUT2D eigenvalue weighted by Gasteiger charge is 2.17. The molecule has 0 aromatic carbocycles. The first-order valence-corrected chi connectivity index (χ1v) is 8.20. The Balaban J connectivity index is 2.00. The summed E-state index contributed by atoms with van der Waals surface area (Å²) in [6, 6.07) is 5.62. The zero-order chi connectivity index (χ0) is 17.5. The minimum atomic E-state index is -0.372. The summed E-state index contributed by atoms with van der Waals surface area (Å²) in [4.78, 5) is 24.9. The van der Waals surface area contributed by atoms with Gasteiger partial charge in [0.1, 0.15) is 11.5 Å². The topological polar surface area (TPSA) is 88.0 Å². The van der Waals surface area contributed by atoms with Gasteiger partial charge in [-0.2, -0.15) is 0 Å². The van der Waals surface area contributed by atoms with Crippen LogP contribution in [0.25, 0.3) is 0 Å². The third-order valence-electron chi connectivity index (χ3n) is 3.53. The zero-order valence-corrected chi connectivity index (χ0v) is 14.5. The highest BCUT2D eigenvalue weighted by Crippen LogP contribution is 2.16. The summed E-state index contributed by atoms with van der Waals surface area (Å²) in [5.74, 6) is 0.165. The van der Waals surface area contributed by atoms with Crippen LogP contribution < -0.4 is 5.32 Å². The molecule has 0 radical (unpaired) electrons. The van der Waals surface area contributed by atoms with Crippen LogP contribution >= 0.6 is 11.6 Å². The third kappa shape index (κ3) is 4.97.